The van der Waals surface area contributed by atoms with Crippen LogP contribution in [0.5, 0.6) is 5.75 Å². The van der Waals surface area contributed by atoms with E-state index in [2.05, 4.69) is 9.97 Å². The number of aliphatic hydroxyl groups excluding tert-OH is 1. The molecule has 1 atom stereocenters. The van der Waals surface area contributed by atoms with Gasteiger partial charge in [-0.1, -0.05) is 25.1 Å². The molecular weight excluding hydrogens is 434 g/mol. The number of hydrogen-bond acceptors (Lipinski definition) is 6. The predicted molar refractivity (Wildman–Crippen MR) is 127 cm³/mol. The Labute approximate surface area is 195 Å². The van der Waals surface area contributed by atoms with Crippen LogP contribution < -0.4 is 9.64 Å². The summed E-state index contributed by atoms with van der Waals surface area (Å²) < 4.78 is 11.3. The number of hydrogen-bond donors (Lipinski definition) is 2. The Kier molecular flexibility index (Phi) is 5.41. The van der Waals surface area contributed by atoms with Gasteiger partial charge in [0.1, 0.15) is 23.3 Å². The lowest BCUT2D eigenvalue weighted by molar-refractivity contribution is -0.132. The van der Waals surface area contributed by atoms with Gasteiger partial charge in [0.25, 0.3) is 5.78 Å². The first-order valence-electron chi connectivity index (χ1n) is 11.0. The van der Waals surface area contributed by atoms with E-state index < -0.39 is 17.7 Å². The monoisotopic (exact) mass is 457 g/mol. The van der Waals surface area contributed by atoms with Gasteiger partial charge in [0, 0.05) is 5.56 Å². The molecule has 4 aromatic rings. The first-order chi connectivity index (χ1) is 16.5. The Morgan fingerprint density at radius 2 is 2.03 bits per heavy atom. The number of rotatable bonds is 6. The Morgan fingerprint density at radius 1 is 1.18 bits per heavy atom. The highest BCUT2D eigenvalue weighted by atomic mass is 16.5. The zero-order valence-electron chi connectivity index (χ0n) is 18.7. The van der Waals surface area contributed by atoms with Crippen LogP contribution in [0, 0.1) is 6.92 Å². The minimum absolute atomic E-state index is 0.0794. The molecule has 34 heavy (non-hydrogen) atoms. The van der Waals surface area contributed by atoms with Gasteiger partial charge in [0.2, 0.25) is 5.95 Å². The maximum Gasteiger partial charge on any atom is 0.302 e. The average molecular weight is 457 g/mol. The van der Waals surface area contributed by atoms with Crippen LogP contribution in [0.15, 0.2) is 70.9 Å². The number of amides is 1. The number of nitrogens with zero attached hydrogens (tertiary/aromatic N) is 2. The minimum atomic E-state index is -0.989. The minimum Gasteiger partial charge on any atom is -0.507 e. The van der Waals surface area contributed by atoms with Gasteiger partial charge in [0.05, 0.1) is 29.5 Å². The maximum atomic E-state index is 13.2. The van der Waals surface area contributed by atoms with Gasteiger partial charge in [-0.3, -0.25) is 14.5 Å². The zero-order chi connectivity index (χ0) is 23.8. The van der Waals surface area contributed by atoms with E-state index in [1.165, 1.54) is 11.2 Å². The molecule has 1 unspecified atom stereocenters. The summed E-state index contributed by atoms with van der Waals surface area (Å²) in [5.74, 6) is -0.857. The third-order valence-corrected chi connectivity index (χ3v) is 5.69. The van der Waals surface area contributed by atoms with E-state index in [4.69, 9.17) is 9.15 Å². The fourth-order valence-corrected chi connectivity index (χ4v) is 4.10. The molecule has 0 spiro atoms. The molecule has 1 amide bonds. The lowest BCUT2D eigenvalue weighted by Gasteiger charge is -2.20. The number of benzene rings is 2. The summed E-state index contributed by atoms with van der Waals surface area (Å²) in [5.41, 5.74) is 2.70. The van der Waals surface area contributed by atoms with Crippen molar-refractivity contribution in [1.82, 2.24) is 9.97 Å². The van der Waals surface area contributed by atoms with Gasteiger partial charge < -0.3 is 19.2 Å². The topological polar surface area (TPSA) is 109 Å². The average Bonchev–Trinajstić information content (AvgIpc) is 3.56. The molecule has 1 aliphatic rings. The molecule has 172 valence electrons. The Morgan fingerprint density at radius 3 is 2.79 bits per heavy atom. The number of ether oxygens (including phenoxy) is 1. The van der Waals surface area contributed by atoms with Gasteiger partial charge in [0.15, 0.2) is 0 Å². The summed E-state index contributed by atoms with van der Waals surface area (Å²) in [4.78, 5) is 35.3. The predicted octanol–water partition coefficient (Wildman–Crippen LogP) is 4.88. The number of furan rings is 1. The number of aliphatic hydroxyl groups is 1. The van der Waals surface area contributed by atoms with E-state index in [1.807, 2.05) is 32.0 Å². The number of ketones is 1. The molecular formula is C26H23N3O5. The molecule has 2 aromatic heterocycles. The van der Waals surface area contributed by atoms with Crippen LogP contribution in [0.25, 0.3) is 16.8 Å². The first kappa shape index (κ1) is 21.5. The standard InChI is InChI=1S/C26H23N3O5/c1-3-11-33-17-7-4-6-16(14-17)23(30)21-22(20-8-5-12-34-20)29(25(32)24(21)31)26-27-18-10-9-15(2)13-19(18)28-26/h4-10,12-14,22,30H,3,11H2,1-2H3,(H,27,28)/b23-21+. The molecule has 0 bridgehead atoms. The number of imidazole rings is 1. The fraction of sp³-hybridized carbons (Fsp3) is 0.192. The van der Waals surface area contributed by atoms with Crippen LogP contribution in [0.2, 0.25) is 0 Å². The van der Waals surface area contributed by atoms with Gasteiger partial charge in [-0.2, -0.15) is 0 Å². The molecule has 1 fully saturated rings. The van der Waals surface area contributed by atoms with Crippen LogP contribution in [0.3, 0.4) is 0 Å². The molecule has 8 nitrogen and oxygen atoms in total. The van der Waals surface area contributed by atoms with Gasteiger partial charge >= 0.3 is 5.91 Å². The van der Waals surface area contributed by atoms with Crippen LogP contribution in [-0.4, -0.2) is 33.4 Å². The third-order valence-electron chi connectivity index (χ3n) is 5.69. The lowest BCUT2D eigenvalue weighted by atomic mass is 9.99. The number of fused-ring (bicyclic) bond motifs is 1. The molecule has 0 radical (unpaired) electrons. The normalized spacial score (nSPS) is 17.6. The SMILES string of the molecule is CCCOc1cccc(/C(O)=C2\C(=O)C(=O)N(c3nc4ccc(C)cc4[nH]3)C2c2ccco2)c1. The second-order valence-electron chi connectivity index (χ2n) is 8.14. The summed E-state index contributed by atoms with van der Waals surface area (Å²) in [7, 11) is 0. The highest BCUT2D eigenvalue weighted by Gasteiger charge is 2.49. The smallest absolute Gasteiger partial charge is 0.302 e. The molecule has 2 N–H and O–H groups in total. The van der Waals surface area contributed by atoms with E-state index >= 15 is 0 Å². The Hall–Kier alpha value is -4.33. The number of aromatic amines is 1. The molecule has 1 aliphatic heterocycles. The van der Waals surface area contributed by atoms with Crippen molar-refractivity contribution in [2.24, 2.45) is 0 Å². The van der Waals surface area contributed by atoms with Crippen LogP contribution in [0.4, 0.5) is 5.95 Å². The number of aryl methyl sites for hydroxylation is 1. The quantitative estimate of drug-likeness (QED) is 0.243. The van der Waals surface area contributed by atoms with Crippen molar-refractivity contribution in [2.75, 3.05) is 11.5 Å². The summed E-state index contributed by atoms with van der Waals surface area (Å²) in [6.45, 7) is 4.47. The summed E-state index contributed by atoms with van der Waals surface area (Å²) >= 11 is 0. The maximum absolute atomic E-state index is 13.2. The fourth-order valence-electron chi connectivity index (χ4n) is 4.10. The van der Waals surface area contributed by atoms with E-state index in [-0.39, 0.29) is 17.3 Å². The highest BCUT2D eigenvalue weighted by molar-refractivity contribution is 6.51. The van der Waals surface area contributed by atoms with E-state index in [0.717, 1.165) is 17.5 Å². The van der Waals surface area contributed by atoms with E-state index in [9.17, 15) is 14.7 Å². The van der Waals surface area contributed by atoms with E-state index in [0.29, 0.717) is 29.2 Å². The Balaban J connectivity index is 1.65. The molecule has 2 aromatic carbocycles. The molecule has 1 saturated heterocycles. The molecule has 5 rings (SSSR count). The highest BCUT2D eigenvalue weighted by Crippen LogP contribution is 2.42. The number of nitrogens with one attached hydrogen (secondary N) is 1. The van der Waals surface area contributed by atoms with Crippen molar-refractivity contribution in [1.29, 1.82) is 0 Å². The summed E-state index contributed by atoms with van der Waals surface area (Å²) in [6, 6.07) is 14.8. The van der Waals surface area contributed by atoms with Gasteiger partial charge in [-0.15, -0.1) is 0 Å². The second-order valence-corrected chi connectivity index (χ2v) is 8.14. The first-order valence-corrected chi connectivity index (χ1v) is 11.0. The zero-order valence-corrected chi connectivity index (χ0v) is 18.7. The number of carbonyl (C=O) groups excluding carboxylic acids is 2. The number of anilines is 1. The van der Waals surface area contributed by atoms with Crippen LogP contribution in [0.1, 0.15) is 36.3 Å². The third kappa shape index (κ3) is 3.63. The van der Waals surface area contributed by atoms with E-state index in [1.54, 1.807) is 36.4 Å². The van der Waals surface area contributed by atoms with Crippen molar-refractivity contribution < 1.29 is 23.8 Å². The number of H-pyrrole nitrogens is 1. The van der Waals surface area contributed by atoms with Crippen LogP contribution in [-0.2, 0) is 9.59 Å². The lowest BCUT2D eigenvalue weighted by Crippen LogP contribution is -2.30. The molecule has 0 saturated carbocycles. The largest absolute Gasteiger partial charge is 0.507 e. The number of carbonyl (C=O) groups is 2. The van der Waals surface area contributed by atoms with Crippen molar-refractivity contribution >= 4 is 34.4 Å². The molecule has 3 heterocycles. The number of Topliss-reactive ketones (excluding diaryl/α,β-unsaturated/α-hetero) is 1. The number of aromatic nitrogens is 2. The summed E-state index contributed by atoms with van der Waals surface area (Å²) in [6.07, 6.45) is 2.29. The van der Waals surface area contributed by atoms with Gasteiger partial charge in [-0.05, 0) is 55.3 Å². The van der Waals surface area contributed by atoms with Gasteiger partial charge in [-0.25, -0.2) is 4.98 Å². The van der Waals surface area contributed by atoms with Crippen molar-refractivity contribution in [2.45, 2.75) is 26.3 Å². The molecule has 8 heteroatoms. The summed E-state index contributed by atoms with van der Waals surface area (Å²) in [5, 5.41) is 11.2. The van der Waals surface area contributed by atoms with Crippen molar-refractivity contribution in [3.05, 3.63) is 83.3 Å². The van der Waals surface area contributed by atoms with Crippen LogP contribution >= 0.6 is 0 Å². The van der Waals surface area contributed by atoms with Crippen molar-refractivity contribution in [3.8, 4) is 5.75 Å². The molecule has 0 aliphatic carbocycles. The second kappa shape index (κ2) is 8.55. The van der Waals surface area contributed by atoms with Crippen molar-refractivity contribution in [3.63, 3.8) is 0 Å². The Bertz CT molecular complexity index is 1420.